The number of benzene rings is 1. The van der Waals surface area contributed by atoms with E-state index in [2.05, 4.69) is 9.97 Å². The number of carbonyl (C=O) groups excluding carboxylic acids is 1. The fourth-order valence-electron chi connectivity index (χ4n) is 3.85. The molecule has 4 rings (SSSR count). The van der Waals surface area contributed by atoms with Gasteiger partial charge < -0.3 is 15.2 Å². The van der Waals surface area contributed by atoms with Crippen LogP contribution in [0.15, 0.2) is 59.7 Å². The third-order valence-corrected chi connectivity index (χ3v) is 5.33. The van der Waals surface area contributed by atoms with Gasteiger partial charge in [0.05, 0.1) is 17.3 Å². The number of nitrogens with two attached hydrogens (primary N) is 1. The number of anilines is 1. The van der Waals surface area contributed by atoms with Crippen LogP contribution in [-0.2, 0) is 7.05 Å². The summed E-state index contributed by atoms with van der Waals surface area (Å²) in [6.45, 7) is 0.629. The van der Waals surface area contributed by atoms with Crippen LogP contribution in [0.1, 0.15) is 41.4 Å². The number of nitrogen functional groups attached to an aromatic ring is 1. The SMILES string of the molecule is Cn1cc(C(=O)N2CCCCC2c2nc(N)ncc2-c2ccccc2)ccc1=O. The van der Waals surface area contributed by atoms with Gasteiger partial charge in [-0.1, -0.05) is 30.3 Å². The smallest absolute Gasteiger partial charge is 0.255 e. The lowest BCUT2D eigenvalue weighted by molar-refractivity contribution is 0.0606. The van der Waals surface area contributed by atoms with Crippen molar-refractivity contribution >= 4 is 11.9 Å². The number of amides is 1. The van der Waals surface area contributed by atoms with Crippen LogP contribution in [0.4, 0.5) is 5.95 Å². The maximum Gasteiger partial charge on any atom is 0.255 e. The molecule has 3 heterocycles. The molecule has 1 amide bonds. The molecule has 1 aliphatic rings. The van der Waals surface area contributed by atoms with Crippen molar-refractivity contribution in [1.29, 1.82) is 0 Å². The Bertz CT molecular complexity index is 1090. The second-order valence-corrected chi connectivity index (χ2v) is 7.27. The molecule has 1 unspecified atom stereocenters. The van der Waals surface area contributed by atoms with Gasteiger partial charge in [-0.05, 0) is 30.9 Å². The van der Waals surface area contributed by atoms with E-state index in [9.17, 15) is 9.59 Å². The number of carbonyl (C=O) groups is 1. The minimum atomic E-state index is -0.200. The summed E-state index contributed by atoms with van der Waals surface area (Å²) in [7, 11) is 1.64. The molecule has 1 fully saturated rings. The van der Waals surface area contributed by atoms with Crippen molar-refractivity contribution in [2.45, 2.75) is 25.3 Å². The molecule has 3 aromatic rings. The summed E-state index contributed by atoms with van der Waals surface area (Å²) in [4.78, 5) is 35.6. The Morgan fingerprint density at radius 3 is 2.69 bits per heavy atom. The Morgan fingerprint density at radius 1 is 1.14 bits per heavy atom. The number of aryl methyl sites for hydroxylation is 1. The Morgan fingerprint density at radius 2 is 1.93 bits per heavy atom. The highest BCUT2D eigenvalue weighted by Crippen LogP contribution is 2.36. The largest absolute Gasteiger partial charge is 0.368 e. The van der Waals surface area contributed by atoms with Gasteiger partial charge in [0, 0.05) is 37.6 Å². The molecule has 2 N–H and O–H groups in total. The molecule has 1 saturated heterocycles. The third-order valence-electron chi connectivity index (χ3n) is 5.33. The standard InChI is InChI=1S/C22H23N5O2/c1-26-14-16(10-11-19(26)28)21(29)27-12-6-5-9-18(27)20-17(13-24-22(23)25-20)15-7-3-2-4-8-15/h2-4,7-8,10-11,13-14,18H,5-6,9,12H2,1H3,(H2,23,24,25). The summed E-state index contributed by atoms with van der Waals surface area (Å²) in [5.74, 6) is 0.0845. The van der Waals surface area contributed by atoms with Crippen LogP contribution in [0.25, 0.3) is 11.1 Å². The van der Waals surface area contributed by atoms with Gasteiger partial charge >= 0.3 is 0 Å². The predicted molar refractivity (Wildman–Crippen MR) is 111 cm³/mol. The van der Waals surface area contributed by atoms with E-state index < -0.39 is 0 Å². The Hall–Kier alpha value is -3.48. The van der Waals surface area contributed by atoms with E-state index in [1.165, 1.54) is 10.6 Å². The molecule has 1 aromatic carbocycles. The molecular formula is C22H23N5O2. The molecule has 1 aliphatic heterocycles. The summed E-state index contributed by atoms with van der Waals surface area (Å²) in [6.07, 6.45) is 6.04. The molecule has 1 atom stereocenters. The molecule has 0 saturated carbocycles. The third kappa shape index (κ3) is 3.76. The van der Waals surface area contributed by atoms with Gasteiger partial charge in [0.15, 0.2) is 0 Å². The summed E-state index contributed by atoms with van der Waals surface area (Å²) >= 11 is 0. The average Bonchev–Trinajstić information content (AvgIpc) is 2.76. The second-order valence-electron chi connectivity index (χ2n) is 7.27. The van der Waals surface area contributed by atoms with Gasteiger partial charge in [-0.3, -0.25) is 9.59 Å². The van der Waals surface area contributed by atoms with Gasteiger partial charge in [0.25, 0.3) is 5.91 Å². The maximum atomic E-state index is 13.3. The molecule has 0 radical (unpaired) electrons. The fraction of sp³-hybridized carbons (Fsp3) is 0.273. The molecule has 0 aliphatic carbocycles. The first-order valence-electron chi connectivity index (χ1n) is 9.70. The number of rotatable bonds is 3. The molecule has 0 bridgehead atoms. The second kappa shape index (κ2) is 7.87. The lowest BCUT2D eigenvalue weighted by Gasteiger charge is -2.36. The van der Waals surface area contributed by atoms with E-state index in [0.29, 0.717) is 12.1 Å². The number of nitrogens with zero attached hydrogens (tertiary/aromatic N) is 4. The lowest BCUT2D eigenvalue weighted by atomic mass is 9.93. The van der Waals surface area contributed by atoms with Crippen LogP contribution in [0.5, 0.6) is 0 Å². The van der Waals surface area contributed by atoms with Crippen molar-refractivity contribution < 1.29 is 4.79 Å². The van der Waals surface area contributed by atoms with Crippen LogP contribution < -0.4 is 11.3 Å². The number of likely N-dealkylation sites (tertiary alicyclic amines) is 1. The lowest BCUT2D eigenvalue weighted by Crippen LogP contribution is -2.39. The number of pyridine rings is 1. The van der Waals surface area contributed by atoms with Crippen LogP contribution in [0.2, 0.25) is 0 Å². The van der Waals surface area contributed by atoms with Crippen molar-refractivity contribution in [3.63, 3.8) is 0 Å². The molecule has 29 heavy (non-hydrogen) atoms. The highest BCUT2D eigenvalue weighted by atomic mass is 16.2. The van der Waals surface area contributed by atoms with E-state index in [1.807, 2.05) is 35.2 Å². The van der Waals surface area contributed by atoms with Crippen LogP contribution >= 0.6 is 0 Å². The summed E-state index contributed by atoms with van der Waals surface area (Å²) in [6, 6.07) is 12.7. The minimum absolute atomic E-state index is 0.110. The highest BCUT2D eigenvalue weighted by Gasteiger charge is 2.32. The highest BCUT2D eigenvalue weighted by molar-refractivity contribution is 5.94. The maximum absolute atomic E-state index is 13.3. The molecule has 148 valence electrons. The zero-order valence-corrected chi connectivity index (χ0v) is 16.3. The zero-order chi connectivity index (χ0) is 20.4. The number of piperidine rings is 1. The van der Waals surface area contributed by atoms with Crippen LogP contribution in [0.3, 0.4) is 0 Å². The van der Waals surface area contributed by atoms with Crippen molar-refractivity contribution in [2.75, 3.05) is 12.3 Å². The van der Waals surface area contributed by atoms with Crippen molar-refractivity contribution in [2.24, 2.45) is 7.05 Å². The minimum Gasteiger partial charge on any atom is -0.368 e. The normalized spacial score (nSPS) is 16.6. The van der Waals surface area contributed by atoms with E-state index in [0.717, 1.165) is 36.1 Å². The van der Waals surface area contributed by atoms with Crippen LogP contribution in [0, 0.1) is 0 Å². The fourth-order valence-corrected chi connectivity index (χ4v) is 3.85. The molecule has 7 heteroatoms. The Kier molecular flexibility index (Phi) is 5.12. The van der Waals surface area contributed by atoms with Crippen LogP contribution in [-0.4, -0.2) is 31.9 Å². The van der Waals surface area contributed by atoms with Gasteiger partial charge in [-0.25, -0.2) is 9.97 Å². The van der Waals surface area contributed by atoms with E-state index >= 15 is 0 Å². The van der Waals surface area contributed by atoms with Crippen molar-refractivity contribution in [3.05, 3.63) is 76.5 Å². The first kappa shape index (κ1) is 18.9. The molecule has 7 nitrogen and oxygen atoms in total. The number of hydrogen-bond acceptors (Lipinski definition) is 5. The summed E-state index contributed by atoms with van der Waals surface area (Å²) in [5.41, 5.74) is 8.89. The van der Waals surface area contributed by atoms with E-state index in [1.54, 1.807) is 25.5 Å². The zero-order valence-electron chi connectivity index (χ0n) is 16.3. The Balaban J connectivity index is 1.77. The van der Waals surface area contributed by atoms with Crippen molar-refractivity contribution in [3.8, 4) is 11.1 Å². The average molecular weight is 389 g/mol. The first-order chi connectivity index (χ1) is 14.0. The van der Waals surface area contributed by atoms with E-state index in [-0.39, 0.29) is 23.5 Å². The van der Waals surface area contributed by atoms with Gasteiger partial charge in [0.1, 0.15) is 0 Å². The number of hydrogen-bond donors (Lipinski definition) is 1. The Labute approximate surface area is 168 Å². The van der Waals surface area contributed by atoms with Gasteiger partial charge in [-0.2, -0.15) is 0 Å². The van der Waals surface area contributed by atoms with Crippen molar-refractivity contribution in [1.82, 2.24) is 19.4 Å². The molecule has 0 spiro atoms. The quantitative estimate of drug-likeness (QED) is 0.743. The monoisotopic (exact) mass is 389 g/mol. The first-order valence-corrected chi connectivity index (χ1v) is 9.70. The molecular weight excluding hydrogens is 366 g/mol. The van der Waals surface area contributed by atoms with Gasteiger partial charge in [-0.15, -0.1) is 0 Å². The summed E-state index contributed by atoms with van der Waals surface area (Å²) < 4.78 is 1.42. The van der Waals surface area contributed by atoms with Gasteiger partial charge in [0.2, 0.25) is 11.5 Å². The molecule has 2 aromatic heterocycles. The topological polar surface area (TPSA) is 94.1 Å². The summed E-state index contributed by atoms with van der Waals surface area (Å²) in [5, 5.41) is 0. The predicted octanol–water partition coefficient (Wildman–Crippen LogP) is 2.79. The number of aromatic nitrogens is 3. The van der Waals surface area contributed by atoms with E-state index in [4.69, 9.17) is 5.73 Å².